The van der Waals surface area contributed by atoms with Gasteiger partial charge in [-0.1, -0.05) is 32.0 Å². The van der Waals surface area contributed by atoms with Gasteiger partial charge in [-0.3, -0.25) is 4.79 Å². The molecule has 2 rings (SSSR count). The monoisotopic (exact) mass is 300 g/mol. The number of aromatic amines is 1. The minimum absolute atomic E-state index is 0.0304. The van der Waals surface area contributed by atoms with Gasteiger partial charge in [0.2, 0.25) is 0 Å². The van der Waals surface area contributed by atoms with Crippen LogP contribution in [0.3, 0.4) is 0 Å². The first-order valence-electron chi connectivity index (χ1n) is 7.60. The molecule has 0 atom stereocenters. The number of hydrogen-bond acceptors (Lipinski definition) is 2. The van der Waals surface area contributed by atoms with Gasteiger partial charge in [0.05, 0.1) is 12.7 Å². The molecule has 22 heavy (non-hydrogen) atoms. The number of amides is 1. The van der Waals surface area contributed by atoms with E-state index in [0.29, 0.717) is 11.5 Å². The molecule has 1 amide bonds. The van der Waals surface area contributed by atoms with E-state index < -0.39 is 0 Å². The summed E-state index contributed by atoms with van der Waals surface area (Å²) in [6.07, 6.45) is 4.61. The van der Waals surface area contributed by atoms with Gasteiger partial charge in [0, 0.05) is 37.1 Å². The molecule has 0 spiro atoms. The van der Waals surface area contributed by atoms with Crippen LogP contribution in [0.2, 0.25) is 0 Å². The van der Waals surface area contributed by atoms with Crippen molar-refractivity contribution in [2.45, 2.75) is 20.3 Å². The Hall–Kier alpha value is -2.23. The fourth-order valence-corrected chi connectivity index (χ4v) is 2.39. The number of para-hydroxylation sites is 1. The smallest absolute Gasteiger partial charge is 0.255 e. The second-order valence-corrected chi connectivity index (χ2v) is 5.89. The Morgan fingerprint density at radius 1 is 1.23 bits per heavy atom. The maximum atomic E-state index is 12.7. The first kappa shape index (κ1) is 16.1. The van der Waals surface area contributed by atoms with Gasteiger partial charge in [0.25, 0.3) is 5.91 Å². The highest BCUT2D eigenvalue weighted by atomic mass is 16.5. The Morgan fingerprint density at radius 2 is 1.95 bits per heavy atom. The molecule has 0 aliphatic heterocycles. The van der Waals surface area contributed by atoms with Crippen molar-refractivity contribution in [1.29, 1.82) is 0 Å². The molecule has 1 N–H and O–H groups in total. The number of hydrogen-bond donors (Lipinski definition) is 1. The van der Waals surface area contributed by atoms with Gasteiger partial charge in [0.1, 0.15) is 5.75 Å². The van der Waals surface area contributed by atoms with E-state index in [1.807, 2.05) is 37.5 Å². The van der Waals surface area contributed by atoms with Crippen LogP contribution in [0.25, 0.3) is 11.1 Å². The molecular formula is C18H24N2O2. The summed E-state index contributed by atoms with van der Waals surface area (Å²) in [5, 5.41) is 0. The Morgan fingerprint density at radius 3 is 2.64 bits per heavy atom. The Kier molecular flexibility index (Phi) is 5.26. The zero-order chi connectivity index (χ0) is 16.1. The molecule has 1 aromatic heterocycles. The van der Waals surface area contributed by atoms with E-state index in [2.05, 4.69) is 18.8 Å². The summed E-state index contributed by atoms with van der Waals surface area (Å²) >= 11 is 0. The van der Waals surface area contributed by atoms with Gasteiger partial charge in [-0.15, -0.1) is 0 Å². The van der Waals surface area contributed by atoms with Crippen molar-refractivity contribution < 1.29 is 9.53 Å². The minimum atomic E-state index is 0.0304. The van der Waals surface area contributed by atoms with Crippen LogP contribution in [0.5, 0.6) is 5.75 Å². The summed E-state index contributed by atoms with van der Waals surface area (Å²) < 4.78 is 5.40. The van der Waals surface area contributed by atoms with Crippen molar-refractivity contribution >= 4 is 5.91 Å². The van der Waals surface area contributed by atoms with E-state index in [1.54, 1.807) is 18.2 Å². The number of rotatable bonds is 6. The van der Waals surface area contributed by atoms with Crippen LogP contribution in [-0.4, -0.2) is 36.5 Å². The lowest BCUT2D eigenvalue weighted by Gasteiger charge is -2.19. The van der Waals surface area contributed by atoms with E-state index in [-0.39, 0.29) is 5.91 Å². The summed E-state index contributed by atoms with van der Waals surface area (Å²) in [5.74, 6) is 1.37. The molecule has 0 unspecified atom stereocenters. The maximum Gasteiger partial charge on any atom is 0.255 e. The maximum absolute atomic E-state index is 12.7. The SMILES string of the molecule is COc1ccccc1-c1c[nH]cc1C(=O)N(C)CCC(C)C. The molecular weight excluding hydrogens is 276 g/mol. The summed E-state index contributed by atoms with van der Waals surface area (Å²) in [6.45, 7) is 5.08. The molecule has 0 bridgehead atoms. The number of H-pyrrole nitrogens is 1. The first-order valence-corrected chi connectivity index (χ1v) is 7.60. The number of carbonyl (C=O) groups excluding carboxylic acids is 1. The molecule has 0 saturated heterocycles. The number of methoxy groups -OCH3 is 1. The van der Waals surface area contributed by atoms with Gasteiger partial charge >= 0.3 is 0 Å². The van der Waals surface area contributed by atoms with E-state index in [9.17, 15) is 4.79 Å². The largest absolute Gasteiger partial charge is 0.496 e. The van der Waals surface area contributed by atoms with Crippen molar-refractivity contribution in [2.24, 2.45) is 5.92 Å². The number of nitrogens with zero attached hydrogens (tertiary/aromatic N) is 1. The number of nitrogens with one attached hydrogen (secondary N) is 1. The lowest BCUT2D eigenvalue weighted by atomic mass is 10.0. The fourth-order valence-electron chi connectivity index (χ4n) is 2.39. The average Bonchev–Trinajstić information content (AvgIpc) is 3.00. The fraction of sp³-hybridized carbons (Fsp3) is 0.389. The van der Waals surface area contributed by atoms with E-state index in [0.717, 1.165) is 29.8 Å². The molecule has 1 heterocycles. The third kappa shape index (κ3) is 3.50. The first-order chi connectivity index (χ1) is 10.5. The van der Waals surface area contributed by atoms with Crippen LogP contribution in [0.1, 0.15) is 30.6 Å². The van der Waals surface area contributed by atoms with Crippen LogP contribution < -0.4 is 4.74 Å². The Bertz CT molecular complexity index is 632. The molecule has 118 valence electrons. The summed E-state index contributed by atoms with van der Waals surface area (Å²) in [6, 6.07) is 7.73. The van der Waals surface area contributed by atoms with Gasteiger partial charge in [-0.25, -0.2) is 0 Å². The summed E-state index contributed by atoms with van der Waals surface area (Å²) in [7, 11) is 3.49. The standard InChI is InChI=1S/C18H24N2O2/c1-13(2)9-10-20(3)18(21)16-12-19-11-15(16)14-7-5-6-8-17(14)22-4/h5-8,11-13,19H,9-10H2,1-4H3. The molecule has 0 aliphatic rings. The summed E-state index contributed by atoms with van der Waals surface area (Å²) in [5.41, 5.74) is 2.47. The highest BCUT2D eigenvalue weighted by Gasteiger charge is 2.19. The zero-order valence-electron chi connectivity index (χ0n) is 13.7. The van der Waals surface area contributed by atoms with Crippen LogP contribution in [0, 0.1) is 5.92 Å². The average molecular weight is 300 g/mol. The van der Waals surface area contributed by atoms with E-state index in [1.165, 1.54) is 0 Å². The van der Waals surface area contributed by atoms with Crippen LogP contribution >= 0.6 is 0 Å². The predicted octanol–water partition coefficient (Wildman–Crippen LogP) is 3.81. The zero-order valence-corrected chi connectivity index (χ0v) is 13.7. The Balaban J connectivity index is 2.27. The minimum Gasteiger partial charge on any atom is -0.496 e. The highest BCUT2D eigenvalue weighted by molar-refractivity contribution is 6.01. The molecule has 4 heteroatoms. The number of aromatic nitrogens is 1. The third-order valence-corrected chi connectivity index (χ3v) is 3.76. The van der Waals surface area contributed by atoms with Gasteiger partial charge in [-0.05, 0) is 18.4 Å². The third-order valence-electron chi connectivity index (χ3n) is 3.76. The molecule has 0 aliphatic carbocycles. The van der Waals surface area contributed by atoms with Gasteiger partial charge < -0.3 is 14.6 Å². The predicted molar refractivity (Wildman–Crippen MR) is 89.2 cm³/mol. The van der Waals surface area contributed by atoms with E-state index >= 15 is 0 Å². The highest BCUT2D eigenvalue weighted by Crippen LogP contribution is 2.32. The lowest BCUT2D eigenvalue weighted by Crippen LogP contribution is -2.28. The quantitative estimate of drug-likeness (QED) is 0.881. The second kappa shape index (κ2) is 7.16. The molecule has 1 aromatic carbocycles. The van der Waals surface area contributed by atoms with Crippen molar-refractivity contribution in [3.05, 3.63) is 42.2 Å². The number of benzene rings is 1. The van der Waals surface area contributed by atoms with Crippen LogP contribution in [0.4, 0.5) is 0 Å². The van der Waals surface area contributed by atoms with Gasteiger partial charge in [0.15, 0.2) is 0 Å². The van der Waals surface area contributed by atoms with E-state index in [4.69, 9.17) is 4.74 Å². The van der Waals surface area contributed by atoms with Crippen molar-refractivity contribution in [3.8, 4) is 16.9 Å². The topological polar surface area (TPSA) is 45.3 Å². The van der Waals surface area contributed by atoms with Crippen LogP contribution in [-0.2, 0) is 0 Å². The number of carbonyl (C=O) groups is 1. The molecule has 2 aromatic rings. The molecule has 0 fully saturated rings. The van der Waals surface area contributed by atoms with Crippen molar-refractivity contribution in [3.63, 3.8) is 0 Å². The molecule has 4 nitrogen and oxygen atoms in total. The number of ether oxygens (including phenoxy) is 1. The lowest BCUT2D eigenvalue weighted by molar-refractivity contribution is 0.0790. The normalized spacial score (nSPS) is 10.8. The summed E-state index contributed by atoms with van der Waals surface area (Å²) in [4.78, 5) is 17.5. The van der Waals surface area contributed by atoms with Crippen molar-refractivity contribution in [2.75, 3.05) is 20.7 Å². The van der Waals surface area contributed by atoms with Gasteiger partial charge in [-0.2, -0.15) is 0 Å². The Labute approximate surface area is 132 Å². The van der Waals surface area contributed by atoms with Crippen molar-refractivity contribution in [1.82, 2.24) is 9.88 Å². The molecule has 0 saturated carbocycles. The second-order valence-electron chi connectivity index (χ2n) is 5.89. The molecule has 0 radical (unpaired) electrons. The van der Waals surface area contributed by atoms with Crippen LogP contribution in [0.15, 0.2) is 36.7 Å².